The molecular weight excluding hydrogens is 478 g/mol. The fourth-order valence-corrected chi connectivity index (χ4v) is 5.22. The Morgan fingerprint density at radius 1 is 0.944 bits per heavy atom. The monoisotopic (exact) mass is 509 g/mol. The van der Waals surface area contributed by atoms with Crippen LogP contribution in [0.1, 0.15) is 12.5 Å². The van der Waals surface area contributed by atoms with Gasteiger partial charge in [0.15, 0.2) is 0 Å². The van der Waals surface area contributed by atoms with Gasteiger partial charge in [-0.05, 0) is 43.2 Å². The number of likely N-dealkylation sites (N-methyl/N-ethyl adjacent to an activating group) is 1. The first-order valence-corrected chi connectivity index (χ1v) is 13.0. The number of anilines is 1. The zero-order chi connectivity index (χ0) is 26.1. The normalized spacial score (nSPS) is 11.9. The third kappa shape index (κ3) is 6.42. The van der Waals surface area contributed by atoms with E-state index in [4.69, 9.17) is 4.74 Å². The van der Waals surface area contributed by atoms with Crippen LogP contribution in [0, 0.1) is 0 Å². The van der Waals surface area contributed by atoms with Gasteiger partial charge >= 0.3 is 0 Å². The standard InChI is InChI=1S/C27H31N3O5S/c1-21(27(32)28-2)29(18-17-22-11-6-4-7-12-22)26(31)20-30(23-13-10-14-24(19-23)35-3)36(33,34)25-15-8-5-9-16-25/h4-16,19,21H,17-18,20H2,1-3H3,(H,28,32). The van der Waals surface area contributed by atoms with Gasteiger partial charge in [0.05, 0.1) is 17.7 Å². The van der Waals surface area contributed by atoms with Crippen molar-refractivity contribution in [2.24, 2.45) is 0 Å². The van der Waals surface area contributed by atoms with E-state index in [1.165, 1.54) is 31.2 Å². The summed E-state index contributed by atoms with van der Waals surface area (Å²) in [5, 5.41) is 2.57. The summed E-state index contributed by atoms with van der Waals surface area (Å²) in [6, 6.07) is 23.2. The van der Waals surface area contributed by atoms with Crippen LogP contribution in [0.15, 0.2) is 89.8 Å². The highest BCUT2D eigenvalue weighted by molar-refractivity contribution is 7.92. The molecule has 190 valence electrons. The molecule has 0 radical (unpaired) electrons. The Morgan fingerprint density at radius 3 is 2.19 bits per heavy atom. The second-order valence-electron chi connectivity index (χ2n) is 8.14. The van der Waals surface area contributed by atoms with Gasteiger partial charge in [0, 0.05) is 19.7 Å². The Hall–Kier alpha value is -3.85. The van der Waals surface area contributed by atoms with E-state index < -0.39 is 28.5 Å². The lowest BCUT2D eigenvalue weighted by molar-refractivity contribution is -0.138. The van der Waals surface area contributed by atoms with Crippen LogP contribution in [-0.4, -0.2) is 58.4 Å². The number of nitrogens with zero attached hydrogens (tertiary/aromatic N) is 2. The number of benzene rings is 3. The van der Waals surface area contributed by atoms with Crippen molar-refractivity contribution in [3.8, 4) is 5.75 Å². The van der Waals surface area contributed by atoms with Crippen LogP contribution < -0.4 is 14.4 Å². The average molecular weight is 510 g/mol. The van der Waals surface area contributed by atoms with E-state index in [1.54, 1.807) is 49.4 Å². The minimum atomic E-state index is -4.10. The second-order valence-corrected chi connectivity index (χ2v) is 10.0. The number of sulfonamides is 1. The number of methoxy groups -OCH3 is 1. The molecule has 0 spiro atoms. The average Bonchev–Trinajstić information content (AvgIpc) is 2.92. The Bertz CT molecular complexity index is 1270. The summed E-state index contributed by atoms with van der Waals surface area (Å²) in [5.74, 6) is -0.382. The number of carbonyl (C=O) groups excluding carboxylic acids is 2. The summed E-state index contributed by atoms with van der Waals surface area (Å²) in [7, 11) is -1.11. The van der Waals surface area contributed by atoms with Crippen molar-refractivity contribution < 1.29 is 22.7 Å². The molecule has 3 aromatic carbocycles. The van der Waals surface area contributed by atoms with Crippen LogP contribution in [0.2, 0.25) is 0 Å². The molecule has 0 aliphatic carbocycles. The number of nitrogens with one attached hydrogen (secondary N) is 1. The molecule has 0 aromatic heterocycles. The summed E-state index contributed by atoms with van der Waals surface area (Å²) >= 11 is 0. The molecule has 1 unspecified atom stereocenters. The molecule has 8 nitrogen and oxygen atoms in total. The van der Waals surface area contributed by atoms with Crippen LogP contribution >= 0.6 is 0 Å². The number of carbonyl (C=O) groups is 2. The molecule has 3 aromatic rings. The largest absolute Gasteiger partial charge is 0.497 e. The molecule has 0 saturated carbocycles. The van der Waals surface area contributed by atoms with Gasteiger partial charge in [-0.25, -0.2) is 8.42 Å². The van der Waals surface area contributed by atoms with Gasteiger partial charge in [-0.15, -0.1) is 0 Å². The number of amides is 2. The van der Waals surface area contributed by atoms with Crippen molar-refractivity contribution in [3.05, 3.63) is 90.5 Å². The zero-order valence-corrected chi connectivity index (χ0v) is 21.4. The third-order valence-electron chi connectivity index (χ3n) is 5.85. The number of hydrogen-bond donors (Lipinski definition) is 1. The number of hydrogen-bond acceptors (Lipinski definition) is 5. The molecule has 36 heavy (non-hydrogen) atoms. The van der Waals surface area contributed by atoms with Crippen molar-refractivity contribution in [1.29, 1.82) is 0 Å². The molecule has 0 saturated heterocycles. The molecule has 0 fully saturated rings. The van der Waals surface area contributed by atoms with Gasteiger partial charge < -0.3 is 15.0 Å². The summed E-state index contributed by atoms with van der Waals surface area (Å²) in [6.45, 7) is 1.39. The van der Waals surface area contributed by atoms with Gasteiger partial charge in [-0.3, -0.25) is 13.9 Å². The van der Waals surface area contributed by atoms with Gasteiger partial charge in [0.2, 0.25) is 11.8 Å². The summed E-state index contributed by atoms with van der Waals surface area (Å²) < 4.78 is 33.7. The first kappa shape index (κ1) is 26.7. The smallest absolute Gasteiger partial charge is 0.264 e. The first-order chi connectivity index (χ1) is 17.3. The minimum Gasteiger partial charge on any atom is -0.497 e. The number of ether oxygens (including phenoxy) is 1. The van der Waals surface area contributed by atoms with Crippen LogP contribution in [-0.2, 0) is 26.0 Å². The van der Waals surface area contributed by atoms with Gasteiger partial charge in [0.25, 0.3) is 10.0 Å². The van der Waals surface area contributed by atoms with Crippen molar-refractivity contribution >= 4 is 27.5 Å². The highest BCUT2D eigenvalue weighted by Gasteiger charge is 2.32. The van der Waals surface area contributed by atoms with Crippen LogP contribution in [0.25, 0.3) is 0 Å². The Kier molecular flexibility index (Phi) is 9.08. The summed E-state index contributed by atoms with van der Waals surface area (Å²) in [6.07, 6.45) is 0.512. The molecule has 0 heterocycles. The quantitative estimate of drug-likeness (QED) is 0.429. The van der Waals surface area contributed by atoms with Crippen LogP contribution in [0.5, 0.6) is 5.75 Å². The lowest BCUT2D eigenvalue weighted by Gasteiger charge is -2.31. The fraction of sp³-hybridized carbons (Fsp3) is 0.259. The maximum atomic E-state index is 13.7. The van der Waals surface area contributed by atoms with E-state index in [0.29, 0.717) is 12.2 Å². The van der Waals surface area contributed by atoms with Gasteiger partial charge in [-0.1, -0.05) is 54.6 Å². The van der Waals surface area contributed by atoms with Gasteiger partial charge in [0.1, 0.15) is 18.3 Å². The lowest BCUT2D eigenvalue weighted by atomic mass is 10.1. The topological polar surface area (TPSA) is 96.0 Å². The predicted octanol–water partition coefficient (Wildman–Crippen LogP) is 3.10. The minimum absolute atomic E-state index is 0.0517. The Labute approximate surface area is 212 Å². The maximum absolute atomic E-state index is 13.7. The van der Waals surface area contributed by atoms with Crippen LogP contribution in [0.3, 0.4) is 0 Å². The molecule has 0 bridgehead atoms. The van der Waals surface area contributed by atoms with E-state index in [-0.39, 0.29) is 23.0 Å². The SMILES string of the molecule is CNC(=O)C(C)N(CCc1ccccc1)C(=O)CN(c1cccc(OC)c1)S(=O)(=O)c1ccccc1. The number of rotatable bonds is 11. The summed E-state index contributed by atoms with van der Waals surface area (Å²) in [5.41, 5.74) is 1.28. The van der Waals surface area contributed by atoms with Crippen LogP contribution in [0.4, 0.5) is 5.69 Å². The third-order valence-corrected chi connectivity index (χ3v) is 7.64. The fourth-order valence-electron chi connectivity index (χ4n) is 3.79. The molecule has 9 heteroatoms. The van der Waals surface area contributed by atoms with Gasteiger partial charge in [-0.2, -0.15) is 0 Å². The van der Waals surface area contributed by atoms with Crippen molar-refractivity contribution in [1.82, 2.24) is 10.2 Å². The highest BCUT2D eigenvalue weighted by atomic mass is 32.2. The van der Waals surface area contributed by atoms with E-state index in [9.17, 15) is 18.0 Å². The zero-order valence-electron chi connectivity index (χ0n) is 20.6. The summed E-state index contributed by atoms with van der Waals surface area (Å²) in [4.78, 5) is 27.6. The van der Waals surface area contributed by atoms with E-state index >= 15 is 0 Å². The first-order valence-electron chi connectivity index (χ1n) is 11.5. The maximum Gasteiger partial charge on any atom is 0.264 e. The molecule has 0 aliphatic rings. The van der Waals surface area contributed by atoms with Crippen molar-refractivity contribution in [2.45, 2.75) is 24.3 Å². The Balaban J connectivity index is 1.98. The van der Waals surface area contributed by atoms with E-state index in [2.05, 4.69) is 5.32 Å². The molecule has 1 atom stereocenters. The second kappa shape index (κ2) is 12.2. The Morgan fingerprint density at radius 2 is 1.58 bits per heavy atom. The van der Waals surface area contributed by atoms with E-state index in [1.807, 2.05) is 30.3 Å². The predicted molar refractivity (Wildman–Crippen MR) is 139 cm³/mol. The molecule has 2 amide bonds. The molecule has 1 N–H and O–H groups in total. The molecule has 3 rings (SSSR count). The molecule has 0 aliphatic heterocycles. The van der Waals surface area contributed by atoms with Crippen molar-refractivity contribution in [3.63, 3.8) is 0 Å². The van der Waals surface area contributed by atoms with E-state index in [0.717, 1.165) is 9.87 Å². The molecular formula is C27H31N3O5S. The lowest BCUT2D eigenvalue weighted by Crippen LogP contribution is -2.51. The highest BCUT2D eigenvalue weighted by Crippen LogP contribution is 2.27. The van der Waals surface area contributed by atoms with Crippen molar-refractivity contribution in [2.75, 3.05) is 31.6 Å².